The van der Waals surface area contributed by atoms with Gasteiger partial charge in [-0.15, -0.1) is 10.2 Å². The monoisotopic (exact) mass is 548 g/mol. The van der Waals surface area contributed by atoms with E-state index < -0.39 is 0 Å². The van der Waals surface area contributed by atoms with Crippen LogP contribution in [0.15, 0.2) is 92.6 Å². The summed E-state index contributed by atoms with van der Waals surface area (Å²) in [6, 6.07) is 7.99. The van der Waals surface area contributed by atoms with Crippen molar-refractivity contribution in [2.45, 2.75) is 0 Å². The molecule has 0 saturated carbocycles. The number of rotatable bonds is 0. The van der Waals surface area contributed by atoms with E-state index in [-0.39, 0.29) is 0 Å². The summed E-state index contributed by atoms with van der Waals surface area (Å²) in [6.07, 6.45) is 7.77. The summed E-state index contributed by atoms with van der Waals surface area (Å²) < 4.78 is 3.01. The number of hydrogen-bond acceptors (Lipinski definition) is 14. The number of aromatic amines is 6. The number of hydrogen-bond donors (Lipinski definition) is 12. The van der Waals surface area contributed by atoms with E-state index in [1.807, 2.05) is 53.7 Å². The molecule has 0 spiro atoms. The third-order valence-corrected chi connectivity index (χ3v) is 6.37. The highest BCUT2D eigenvalue weighted by atomic mass is 16.2. The van der Waals surface area contributed by atoms with Crippen molar-refractivity contribution in [3.8, 4) is 0 Å². The molecule has 8 bridgehead atoms. The average molecular weight is 549 g/mol. The molecular formula is C16H20N24. The Labute approximate surface area is 219 Å². The fraction of sp³-hybridized carbons (Fsp3) is 0. The van der Waals surface area contributed by atoms with E-state index in [1.165, 1.54) is 29.6 Å². The molecule has 204 valence electrons. The molecule has 24 heteroatoms. The third kappa shape index (κ3) is 2.83. The van der Waals surface area contributed by atoms with Crippen LogP contribution in [-0.2, 0) is 0 Å². The number of H-pyrrole nitrogens is 6. The molecule has 5 aliphatic rings. The van der Waals surface area contributed by atoms with Crippen LogP contribution in [0, 0.1) is 0 Å². The van der Waals surface area contributed by atoms with E-state index in [4.69, 9.17) is 0 Å². The van der Waals surface area contributed by atoms with Gasteiger partial charge in [0, 0.05) is 22.2 Å². The molecule has 0 saturated heterocycles. The van der Waals surface area contributed by atoms with Gasteiger partial charge in [-0.1, -0.05) is 40.2 Å². The summed E-state index contributed by atoms with van der Waals surface area (Å²) in [6.45, 7) is 0. The van der Waals surface area contributed by atoms with Crippen LogP contribution in [0.25, 0.3) is 10.8 Å². The molecule has 2 unspecified atom stereocenters. The summed E-state index contributed by atoms with van der Waals surface area (Å²) in [5, 5.41) is 45.4. The number of anilines is 2. The maximum absolute atomic E-state index is 4.17. The van der Waals surface area contributed by atoms with Gasteiger partial charge in [0.25, 0.3) is 0 Å². The van der Waals surface area contributed by atoms with Gasteiger partial charge in [-0.3, -0.25) is 10.9 Å². The van der Waals surface area contributed by atoms with E-state index in [0.717, 1.165) is 22.3 Å². The van der Waals surface area contributed by atoms with Gasteiger partial charge in [-0.2, -0.15) is 26.7 Å². The average Bonchev–Trinajstić information content (AvgIpc) is 3.73. The first-order chi connectivity index (χ1) is 19.8. The summed E-state index contributed by atoms with van der Waals surface area (Å²) in [5.41, 5.74) is 13.7. The fourth-order valence-corrected chi connectivity index (χ4v) is 4.66. The summed E-state index contributed by atoms with van der Waals surface area (Å²) >= 11 is 0. The van der Waals surface area contributed by atoms with Crippen LogP contribution in [0.3, 0.4) is 0 Å². The van der Waals surface area contributed by atoms with E-state index in [1.54, 1.807) is 5.23 Å². The zero-order valence-corrected chi connectivity index (χ0v) is 20.0. The molecule has 0 aliphatic carbocycles. The Kier molecular flexibility index (Phi) is 3.84. The highest BCUT2D eigenvalue weighted by Gasteiger charge is 2.35. The van der Waals surface area contributed by atoms with Crippen LogP contribution in [0.4, 0.5) is 11.6 Å². The Morgan fingerprint density at radius 3 is 2.27 bits per heavy atom. The van der Waals surface area contributed by atoms with E-state index in [9.17, 15) is 0 Å². The Morgan fingerprint density at radius 1 is 0.750 bits per heavy atom. The number of nitrogens with zero attached hydrogens (tertiary/aromatic N) is 12. The van der Waals surface area contributed by atoms with Gasteiger partial charge in [-0.25, -0.2) is 15.4 Å². The number of aromatic nitrogens is 10. The van der Waals surface area contributed by atoms with Gasteiger partial charge in [-0.05, 0) is 42.5 Å². The first-order valence-electron chi connectivity index (χ1n) is 11.8. The number of benzene rings is 1. The summed E-state index contributed by atoms with van der Waals surface area (Å²) in [7, 11) is 0. The van der Waals surface area contributed by atoms with Crippen molar-refractivity contribution in [3.63, 3.8) is 0 Å². The molecule has 5 aliphatic heterocycles. The largest absolute Gasteiger partial charge is 0.327 e. The van der Waals surface area contributed by atoms with Crippen LogP contribution < -0.4 is 32.6 Å². The predicted molar refractivity (Wildman–Crippen MR) is 134 cm³/mol. The normalized spacial score (nSPS) is 22.0. The van der Waals surface area contributed by atoms with Crippen LogP contribution in [-0.4, -0.2) is 70.9 Å². The maximum atomic E-state index is 4.17. The number of nitrogens with one attached hydrogen (secondary N) is 12. The maximum Gasteiger partial charge on any atom is 0.237 e. The second-order valence-corrected chi connectivity index (χ2v) is 8.66. The quantitative estimate of drug-likeness (QED) is 0.136. The molecule has 12 N–H and O–H groups in total. The molecule has 0 radical (unpaired) electrons. The van der Waals surface area contributed by atoms with Gasteiger partial charge >= 0.3 is 0 Å². The molecule has 1 aromatic carbocycles. The number of fused-ring (bicyclic) bond motifs is 18. The van der Waals surface area contributed by atoms with Crippen molar-refractivity contribution in [1.29, 1.82) is 0 Å². The van der Waals surface area contributed by atoms with Crippen molar-refractivity contribution in [1.82, 2.24) is 81.8 Å². The van der Waals surface area contributed by atoms with Gasteiger partial charge < -0.3 is 15.6 Å². The molecule has 9 rings (SSSR count). The van der Waals surface area contributed by atoms with Crippen molar-refractivity contribution in [2.75, 3.05) is 21.7 Å². The standard InChI is InChI=1S/C16H20N24/c1-2-6-10-9(5-1)12-17-13(10)19-15-16-20-23-24-27-34(16)36(22-15)31-38-32-37(39-28-25-26-29-40(38)39)30-35-21-14(18-12)11-7-3-4-8-33(11)35/h1-8,17-19,21-22,25-26,28-32H. The molecule has 40 heavy (non-hydrogen) atoms. The van der Waals surface area contributed by atoms with E-state index in [0.29, 0.717) is 23.3 Å². The third-order valence-electron chi connectivity index (χ3n) is 6.37. The minimum Gasteiger partial charge on any atom is -0.327 e. The van der Waals surface area contributed by atoms with Gasteiger partial charge in [0.05, 0.1) is 0 Å². The molecule has 0 amide bonds. The first-order valence-corrected chi connectivity index (χ1v) is 11.8. The highest BCUT2D eigenvalue weighted by Crippen LogP contribution is 2.34. The molecule has 3 aromatic heterocycles. The molecule has 0 fully saturated rings. The van der Waals surface area contributed by atoms with Crippen LogP contribution in [0.5, 0.6) is 0 Å². The number of hydrazine groups is 6. The second-order valence-electron chi connectivity index (χ2n) is 8.66. The Bertz CT molecular complexity index is 1770. The SMILES string of the molecule is C1=CC2=C3Nc4[nH]c(c5ccccc45)NC4=C5N=NN=NN5N(N4)Nn4[nH]n(n5[nH][nH][nH][nH]n45)NN(N3)N2C=C1. The van der Waals surface area contributed by atoms with Gasteiger partial charge in [0.2, 0.25) is 5.82 Å². The molecule has 2 atom stereocenters. The lowest BCUT2D eigenvalue weighted by atomic mass is 10.2. The second kappa shape index (κ2) is 7.49. The van der Waals surface area contributed by atoms with Crippen molar-refractivity contribution in [2.24, 2.45) is 20.8 Å². The van der Waals surface area contributed by atoms with Crippen molar-refractivity contribution < 1.29 is 0 Å². The van der Waals surface area contributed by atoms with Crippen LogP contribution >= 0.6 is 0 Å². The zero-order chi connectivity index (χ0) is 26.2. The molecule has 8 heterocycles. The highest BCUT2D eigenvalue weighted by molar-refractivity contribution is 6.02. The molecular weight excluding hydrogens is 528 g/mol. The Hall–Kier alpha value is -6.56. The Balaban J connectivity index is 1.23. The number of allylic oxidation sites excluding steroid dienone is 3. The van der Waals surface area contributed by atoms with Crippen LogP contribution in [0.1, 0.15) is 0 Å². The predicted octanol–water partition coefficient (Wildman–Crippen LogP) is -0.331. The zero-order valence-electron chi connectivity index (χ0n) is 20.0. The topological polar surface area (TPSA) is 248 Å². The summed E-state index contributed by atoms with van der Waals surface area (Å²) in [4.78, 5) is 6.41. The molecule has 24 nitrogen and oxygen atoms in total. The van der Waals surface area contributed by atoms with E-state index in [2.05, 4.69) is 84.4 Å². The lowest BCUT2D eigenvalue weighted by molar-refractivity contribution is -0.0138. The smallest absolute Gasteiger partial charge is 0.237 e. The van der Waals surface area contributed by atoms with Gasteiger partial charge in [0.15, 0.2) is 5.82 Å². The summed E-state index contributed by atoms with van der Waals surface area (Å²) in [5.74, 6) is 3.04. The lowest BCUT2D eigenvalue weighted by Crippen LogP contribution is -2.51. The minimum atomic E-state index is 0.363. The van der Waals surface area contributed by atoms with Crippen molar-refractivity contribution in [3.05, 3.63) is 71.9 Å². The minimum absolute atomic E-state index is 0.363. The van der Waals surface area contributed by atoms with Gasteiger partial charge in [0.1, 0.15) is 23.2 Å². The first kappa shape index (κ1) is 20.5. The van der Waals surface area contributed by atoms with Crippen LogP contribution in [0.2, 0.25) is 0 Å². The van der Waals surface area contributed by atoms with Crippen molar-refractivity contribution >= 4 is 22.4 Å². The van der Waals surface area contributed by atoms with E-state index >= 15 is 0 Å². The lowest BCUT2D eigenvalue weighted by Gasteiger charge is -2.28. The molecule has 4 aromatic rings. The Morgan fingerprint density at radius 2 is 1.48 bits per heavy atom. The fourth-order valence-electron chi connectivity index (χ4n) is 4.66.